The predicted molar refractivity (Wildman–Crippen MR) is 149 cm³/mol. The van der Waals surface area contributed by atoms with Crippen molar-refractivity contribution in [1.82, 2.24) is 10.2 Å². The molecular formula is C31H29F8N3O4. The van der Waals surface area contributed by atoms with Gasteiger partial charge in [0.2, 0.25) is 5.91 Å². The summed E-state index contributed by atoms with van der Waals surface area (Å²) in [5, 5.41) is 2.53. The monoisotopic (exact) mass is 659 g/mol. The lowest BCUT2D eigenvalue weighted by Gasteiger charge is -2.39. The third-order valence-corrected chi connectivity index (χ3v) is 7.15. The van der Waals surface area contributed by atoms with Gasteiger partial charge in [-0.1, -0.05) is 36.4 Å². The number of hydrogen-bond donors (Lipinski definition) is 2. The normalized spacial score (nSPS) is 17.6. The van der Waals surface area contributed by atoms with Gasteiger partial charge in [0, 0.05) is 18.9 Å². The zero-order chi connectivity index (χ0) is 34.0. The second-order valence-electron chi connectivity index (χ2n) is 11.1. The third-order valence-electron chi connectivity index (χ3n) is 7.15. The van der Waals surface area contributed by atoms with Crippen LogP contribution in [0.15, 0.2) is 66.7 Å². The molecule has 0 spiro atoms. The highest BCUT2D eigenvalue weighted by molar-refractivity contribution is 5.87. The summed E-state index contributed by atoms with van der Waals surface area (Å²) in [5.41, 5.74) is 3.10. The van der Waals surface area contributed by atoms with E-state index in [2.05, 4.69) is 10.1 Å². The Morgan fingerprint density at radius 1 is 1.02 bits per heavy atom. The topological polar surface area (TPSA) is 93.9 Å². The Bertz CT molecular complexity index is 1570. The number of nitrogens with one attached hydrogen (secondary N) is 1. The van der Waals surface area contributed by atoms with Gasteiger partial charge in [-0.3, -0.25) is 4.79 Å². The maximum Gasteiger partial charge on any atom is 0.461 e. The fraction of sp³-hybridized carbons (Fsp3) is 0.355. The maximum absolute atomic E-state index is 15.1. The van der Waals surface area contributed by atoms with Gasteiger partial charge < -0.3 is 25.4 Å². The number of primary amides is 1. The number of carbonyl (C=O) groups is 2. The first kappa shape index (κ1) is 34.3. The van der Waals surface area contributed by atoms with Crippen LogP contribution < -0.4 is 20.5 Å². The van der Waals surface area contributed by atoms with Crippen molar-refractivity contribution in [2.75, 3.05) is 6.54 Å². The number of nitrogens with zero attached hydrogens (tertiary/aromatic N) is 1. The molecule has 3 amide bonds. The lowest BCUT2D eigenvalue weighted by molar-refractivity contribution is -0.253. The molecule has 1 aliphatic rings. The van der Waals surface area contributed by atoms with Crippen LogP contribution in [0.1, 0.15) is 37.0 Å². The molecule has 3 N–H and O–H groups in total. The van der Waals surface area contributed by atoms with Gasteiger partial charge in [-0.05, 0) is 54.8 Å². The second kappa shape index (κ2) is 13.0. The number of nitrogens with two attached hydrogens (primary N) is 1. The summed E-state index contributed by atoms with van der Waals surface area (Å²) in [6.07, 6.45) is -11.4. The summed E-state index contributed by atoms with van der Waals surface area (Å²) in [7, 11) is 0. The van der Waals surface area contributed by atoms with Crippen molar-refractivity contribution in [2.24, 2.45) is 5.73 Å². The standard InChI is InChI=1S/C31H29F8N3O4/c1-17(2)45-25-12-19(8-9-23(25)33)30(14-18-6-4-3-5-7-18,41-28(44)42-16-29(36,37)15-24(42)26(40)43)20-10-21(32)13-22(11-20)46-31(38,39)27(34)35/h3-13,17,24,27H,14-16H2,1-2H3,(H2,40,43)(H,41,44)/t24?,30-/m1/s1. The maximum atomic E-state index is 15.1. The minimum absolute atomic E-state index is 0.0690. The van der Waals surface area contributed by atoms with Crippen molar-refractivity contribution in [3.63, 3.8) is 0 Å². The van der Waals surface area contributed by atoms with Crippen LogP contribution in [0.4, 0.5) is 39.9 Å². The summed E-state index contributed by atoms with van der Waals surface area (Å²) in [6.45, 7) is 1.93. The van der Waals surface area contributed by atoms with Gasteiger partial charge in [-0.25, -0.2) is 22.4 Å². The van der Waals surface area contributed by atoms with Crippen molar-refractivity contribution < 1.29 is 54.2 Å². The molecule has 7 nitrogen and oxygen atoms in total. The number of carbonyl (C=O) groups excluding carboxylic acids is 2. The molecule has 1 aliphatic heterocycles. The Balaban J connectivity index is 1.99. The number of benzene rings is 3. The number of hydrogen-bond acceptors (Lipinski definition) is 4. The molecule has 4 rings (SSSR count). The Kier molecular flexibility index (Phi) is 9.73. The molecule has 248 valence electrons. The number of likely N-dealkylation sites (tertiary alicyclic amines) is 1. The van der Waals surface area contributed by atoms with E-state index in [0.717, 1.165) is 30.3 Å². The van der Waals surface area contributed by atoms with Crippen LogP contribution in [0.3, 0.4) is 0 Å². The van der Waals surface area contributed by atoms with E-state index in [1.807, 2.05) is 0 Å². The highest BCUT2D eigenvalue weighted by Gasteiger charge is 2.51. The molecule has 1 heterocycles. The fourth-order valence-corrected chi connectivity index (χ4v) is 5.18. The summed E-state index contributed by atoms with van der Waals surface area (Å²) in [5.74, 6) is -8.31. The zero-order valence-electron chi connectivity index (χ0n) is 24.4. The van der Waals surface area contributed by atoms with Gasteiger partial charge in [-0.2, -0.15) is 17.6 Å². The highest BCUT2D eigenvalue weighted by Crippen LogP contribution is 2.40. The quantitative estimate of drug-likeness (QED) is 0.234. The number of ether oxygens (including phenoxy) is 2. The molecule has 0 bridgehead atoms. The minimum atomic E-state index is -5.06. The van der Waals surface area contributed by atoms with E-state index in [9.17, 15) is 40.3 Å². The molecule has 1 saturated heterocycles. The van der Waals surface area contributed by atoms with Gasteiger partial charge in [-0.15, -0.1) is 0 Å². The minimum Gasteiger partial charge on any atom is -0.488 e. The van der Waals surface area contributed by atoms with Gasteiger partial charge in [0.25, 0.3) is 5.92 Å². The number of alkyl halides is 6. The average molecular weight is 660 g/mol. The van der Waals surface area contributed by atoms with Crippen LogP contribution in [0.25, 0.3) is 0 Å². The summed E-state index contributed by atoms with van der Waals surface area (Å²) in [4.78, 5) is 26.4. The van der Waals surface area contributed by atoms with E-state index < -0.39 is 84.0 Å². The predicted octanol–water partition coefficient (Wildman–Crippen LogP) is 6.38. The molecule has 2 atom stereocenters. The average Bonchev–Trinajstić information content (AvgIpc) is 3.29. The summed E-state index contributed by atoms with van der Waals surface area (Å²) >= 11 is 0. The molecule has 0 radical (unpaired) electrons. The van der Waals surface area contributed by atoms with E-state index in [0.29, 0.717) is 16.5 Å². The first-order chi connectivity index (χ1) is 21.4. The second-order valence-corrected chi connectivity index (χ2v) is 11.1. The van der Waals surface area contributed by atoms with Gasteiger partial charge >= 0.3 is 18.6 Å². The number of amides is 3. The zero-order valence-corrected chi connectivity index (χ0v) is 24.4. The van der Waals surface area contributed by atoms with Crippen LogP contribution in [-0.2, 0) is 16.8 Å². The summed E-state index contributed by atoms with van der Waals surface area (Å²) in [6, 6.07) is 10.0. The Labute approximate surface area is 258 Å². The van der Waals surface area contributed by atoms with Crippen molar-refractivity contribution >= 4 is 11.9 Å². The largest absolute Gasteiger partial charge is 0.488 e. The van der Waals surface area contributed by atoms with Gasteiger partial charge in [0.05, 0.1) is 18.2 Å². The molecule has 3 aromatic carbocycles. The lowest BCUT2D eigenvalue weighted by Crippen LogP contribution is -2.56. The van der Waals surface area contributed by atoms with Crippen molar-refractivity contribution in [2.45, 2.75) is 62.8 Å². The van der Waals surface area contributed by atoms with E-state index in [1.165, 1.54) is 0 Å². The van der Waals surface area contributed by atoms with E-state index >= 15 is 4.39 Å². The van der Waals surface area contributed by atoms with Crippen LogP contribution >= 0.6 is 0 Å². The van der Waals surface area contributed by atoms with Gasteiger partial charge in [0.1, 0.15) is 17.6 Å². The van der Waals surface area contributed by atoms with Gasteiger partial charge in [0.15, 0.2) is 11.6 Å². The molecule has 1 unspecified atom stereocenters. The van der Waals surface area contributed by atoms with Crippen molar-refractivity contribution in [1.29, 1.82) is 0 Å². The Hall–Kier alpha value is -4.56. The van der Waals surface area contributed by atoms with E-state index in [4.69, 9.17) is 10.5 Å². The highest BCUT2D eigenvalue weighted by atomic mass is 19.3. The molecule has 0 saturated carbocycles. The van der Waals surface area contributed by atoms with Crippen molar-refractivity contribution in [3.05, 3.63) is 95.1 Å². The summed E-state index contributed by atoms with van der Waals surface area (Å²) < 4.78 is 123. The molecule has 46 heavy (non-hydrogen) atoms. The lowest BCUT2D eigenvalue weighted by atomic mass is 9.77. The molecular weight excluding hydrogens is 630 g/mol. The molecule has 15 heteroatoms. The number of rotatable bonds is 11. The molecule has 0 aliphatic carbocycles. The van der Waals surface area contributed by atoms with Crippen molar-refractivity contribution in [3.8, 4) is 11.5 Å². The van der Waals surface area contributed by atoms with E-state index in [1.54, 1.807) is 44.2 Å². The SMILES string of the molecule is CC(C)Oc1cc([C@@](Cc2ccccc2)(NC(=O)N2CC(F)(F)CC2C(N)=O)c2cc(F)cc(OC(F)(F)C(F)F)c2)ccc1F. The number of urea groups is 1. The smallest absolute Gasteiger partial charge is 0.461 e. The van der Waals surface area contributed by atoms with E-state index in [-0.39, 0.29) is 17.7 Å². The Morgan fingerprint density at radius 3 is 2.30 bits per heavy atom. The molecule has 3 aromatic rings. The molecule has 1 fully saturated rings. The number of halogens is 8. The third kappa shape index (κ3) is 7.62. The molecule has 0 aromatic heterocycles. The first-order valence-electron chi connectivity index (χ1n) is 13.8. The van der Waals surface area contributed by atoms with Crippen LogP contribution in [0, 0.1) is 11.6 Å². The van der Waals surface area contributed by atoms with Crippen LogP contribution in [-0.4, -0.2) is 54.0 Å². The first-order valence-corrected chi connectivity index (χ1v) is 13.8. The fourth-order valence-electron chi connectivity index (χ4n) is 5.18. The Morgan fingerprint density at radius 2 is 1.70 bits per heavy atom. The van der Waals surface area contributed by atoms with Crippen LogP contribution in [0.2, 0.25) is 0 Å². The van der Waals surface area contributed by atoms with Crippen LogP contribution in [0.5, 0.6) is 11.5 Å².